The molecule has 0 atom stereocenters. The maximum absolute atomic E-state index is 13.3. The van der Waals surface area contributed by atoms with Crippen molar-refractivity contribution < 1.29 is 4.39 Å². The van der Waals surface area contributed by atoms with Crippen molar-refractivity contribution >= 4 is 28.3 Å². The summed E-state index contributed by atoms with van der Waals surface area (Å²) in [6.07, 6.45) is 6.45. The Morgan fingerprint density at radius 3 is 2.50 bits per heavy atom. The molecule has 0 spiro atoms. The first-order valence-electron chi connectivity index (χ1n) is 5.86. The molecule has 88 valence electrons. The summed E-state index contributed by atoms with van der Waals surface area (Å²) >= 11 is 2.17. The lowest BCUT2D eigenvalue weighted by Crippen LogP contribution is -2.33. The molecule has 2 rings (SSSR count). The molecule has 1 nitrogen and oxygen atoms in total. The minimum Gasteiger partial charge on any atom is -0.371 e. The largest absolute Gasteiger partial charge is 0.371 e. The maximum Gasteiger partial charge on any atom is 0.126 e. The first-order valence-corrected chi connectivity index (χ1v) is 6.93. The van der Waals surface area contributed by atoms with Crippen molar-refractivity contribution in [3.63, 3.8) is 0 Å². The second kappa shape index (κ2) is 5.34. The van der Waals surface area contributed by atoms with Gasteiger partial charge in [-0.05, 0) is 53.6 Å². The first kappa shape index (κ1) is 12.1. The van der Waals surface area contributed by atoms with Gasteiger partial charge >= 0.3 is 0 Å². The second-order valence-electron chi connectivity index (χ2n) is 4.53. The van der Waals surface area contributed by atoms with E-state index in [0.29, 0.717) is 6.04 Å². The topological polar surface area (TPSA) is 3.24 Å². The lowest BCUT2D eigenvalue weighted by atomic mass is 9.94. The zero-order chi connectivity index (χ0) is 11.5. The molecule has 0 bridgehead atoms. The molecule has 0 aliphatic heterocycles. The summed E-state index contributed by atoms with van der Waals surface area (Å²) in [6.45, 7) is 0. The molecule has 1 aromatic rings. The van der Waals surface area contributed by atoms with Gasteiger partial charge in [0.1, 0.15) is 5.82 Å². The van der Waals surface area contributed by atoms with Crippen molar-refractivity contribution in [2.45, 2.75) is 38.1 Å². The lowest BCUT2D eigenvalue weighted by Gasteiger charge is -2.33. The Bertz CT molecular complexity index is 341. The zero-order valence-corrected chi connectivity index (χ0v) is 11.7. The van der Waals surface area contributed by atoms with Crippen LogP contribution in [-0.2, 0) is 0 Å². The van der Waals surface area contributed by atoms with Crippen molar-refractivity contribution in [2.24, 2.45) is 0 Å². The summed E-state index contributed by atoms with van der Waals surface area (Å²) in [4.78, 5) is 2.24. The van der Waals surface area contributed by atoms with Crippen LogP contribution in [0, 0.1) is 9.39 Å². The third-order valence-electron chi connectivity index (χ3n) is 3.38. The monoisotopic (exact) mass is 333 g/mol. The van der Waals surface area contributed by atoms with Crippen molar-refractivity contribution in [3.05, 3.63) is 27.6 Å². The quantitative estimate of drug-likeness (QED) is 0.733. The van der Waals surface area contributed by atoms with Gasteiger partial charge in [-0.15, -0.1) is 0 Å². The fourth-order valence-electron chi connectivity index (χ4n) is 2.42. The van der Waals surface area contributed by atoms with E-state index in [0.717, 1.165) is 9.26 Å². The van der Waals surface area contributed by atoms with E-state index in [9.17, 15) is 4.39 Å². The molecule has 16 heavy (non-hydrogen) atoms. The number of hydrogen-bond donors (Lipinski definition) is 0. The number of hydrogen-bond acceptors (Lipinski definition) is 1. The van der Waals surface area contributed by atoms with E-state index in [1.54, 1.807) is 12.1 Å². The lowest BCUT2D eigenvalue weighted by molar-refractivity contribution is 0.427. The Balaban J connectivity index is 2.15. The summed E-state index contributed by atoms with van der Waals surface area (Å²) in [6, 6.07) is 5.85. The Hall–Kier alpha value is -0.320. The van der Waals surface area contributed by atoms with Gasteiger partial charge in [0.25, 0.3) is 0 Å². The molecular weight excluding hydrogens is 316 g/mol. The van der Waals surface area contributed by atoms with E-state index in [-0.39, 0.29) is 5.82 Å². The summed E-state index contributed by atoms with van der Waals surface area (Å²) in [5, 5.41) is 0. The van der Waals surface area contributed by atoms with Crippen LogP contribution in [0.1, 0.15) is 32.1 Å². The van der Waals surface area contributed by atoms with Gasteiger partial charge in [-0.3, -0.25) is 0 Å². The SMILES string of the molecule is CN(c1cc(F)cc(I)c1)C1CCCCC1. The molecule has 0 radical (unpaired) electrons. The molecule has 0 unspecified atom stereocenters. The Labute approximate surface area is 110 Å². The number of benzene rings is 1. The standard InChI is InChI=1S/C13H17FIN/c1-16(12-5-3-2-4-6-12)13-8-10(14)7-11(15)9-13/h7-9,12H,2-6H2,1H3. The van der Waals surface area contributed by atoms with Crippen LogP contribution in [0.2, 0.25) is 0 Å². The fraction of sp³-hybridized carbons (Fsp3) is 0.538. The Morgan fingerprint density at radius 1 is 1.19 bits per heavy atom. The van der Waals surface area contributed by atoms with Crippen LogP contribution in [0.5, 0.6) is 0 Å². The predicted molar refractivity (Wildman–Crippen MR) is 74.4 cm³/mol. The van der Waals surface area contributed by atoms with Gasteiger partial charge in [-0.2, -0.15) is 0 Å². The average molecular weight is 333 g/mol. The van der Waals surface area contributed by atoms with Gasteiger partial charge < -0.3 is 4.90 Å². The fourth-order valence-corrected chi connectivity index (χ4v) is 3.04. The molecule has 3 heteroatoms. The van der Waals surface area contributed by atoms with E-state index in [1.165, 1.54) is 32.1 Å². The number of rotatable bonds is 2. The highest BCUT2D eigenvalue weighted by Crippen LogP contribution is 2.27. The molecule has 1 aromatic carbocycles. The summed E-state index contributed by atoms with van der Waals surface area (Å²) < 4.78 is 14.3. The van der Waals surface area contributed by atoms with Crippen LogP contribution in [0.4, 0.5) is 10.1 Å². The van der Waals surface area contributed by atoms with Gasteiger partial charge in [0.05, 0.1) is 0 Å². The van der Waals surface area contributed by atoms with Gasteiger partial charge in [0, 0.05) is 22.3 Å². The van der Waals surface area contributed by atoms with Crippen LogP contribution in [0.3, 0.4) is 0 Å². The minimum atomic E-state index is -0.135. The van der Waals surface area contributed by atoms with Gasteiger partial charge in [0.15, 0.2) is 0 Å². The molecule has 1 aliphatic rings. The van der Waals surface area contributed by atoms with E-state index in [4.69, 9.17) is 0 Å². The van der Waals surface area contributed by atoms with Crippen molar-refractivity contribution in [2.75, 3.05) is 11.9 Å². The minimum absolute atomic E-state index is 0.135. The third-order valence-corrected chi connectivity index (χ3v) is 4.00. The van der Waals surface area contributed by atoms with Crippen molar-refractivity contribution in [1.82, 2.24) is 0 Å². The number of anilines is 1. The molecule has 0 heterocycles. The third kappa shape index (κ3) is 2.87. The normalized spacial score (nSPS) is 17.4. The highest BCUT2D eigenvalue weighted by molar-refractivity contribution is 14.1. The smallest absolute Gasteiger partial charge is 0.126 e. The van der Waals surface area contributed by atoms with Crippen LogP contribution in [0.25, 0.3) is 0 Å². The molecule has 0 N–H and O–H groups in total. The van der Waals surface area contributed by atoms with E-state index < -0.39 is 0 Å². The molecule has 1 aliphatic carbocycles. The molecule has 0 amide bonds. The average Bonchev–Trinajstić information content (AvgIpc) is 2.28. The van der Waals surface area contributed by atoms with Crippen LogP contribution in [-0.4, -0.2) is 13.1 Å². The zero-order valence-electron chi connectivity index (χ0n) is 9.55. The molecule has 1 saturated carbocycles. The second-order valence-corrected chi connectivity index (χ2v) is 5.78. The van der Waals surface area contributed by atoms with E-state index in [1.807, 2.05) is 0 Å². The first-order chi connectivity index (χ1) is 7.66. The Kier molecular flexibility index (Phi) is 4.05. The number of nitrogens with zero attached hydrogens (tertiary/aromatic N) is 1. The molecular formula is C13H17FIN. The molecule has 0 aromatic heterocycles. The number of halogens is 2. The Morgan fingerprint density at radius 2 is 1.88 bits per heavy atom. The molecule has 0 saturated heterocycles. The van der Waals surface area contributed by atoms with Gasteiger partial charge in [-0.1, -0.05) is 19.3 Å². The van der Waals surface area contributed by atoms with Gasteiger partial charge in [0.2, 0.25) is 0 Å². The van der Waals surface area contributed by atoms with Crippen molar-refractivity contribution in [1.29, 1.82) is 0 Å². The summed E-state index contributed by atoms with van der Waals surface area (Å²) in [7, 11) is 2.08. The maximum atomic E-state index is 13.3. The van der Waals surface area contributed by atoms with Crippen LogP contribution < -0.4 is 4.90 Å². The predicted octanol–water partition coefficient (Wildman–Crippen LogP) is 4.20. The molecule has 1 fully saturated rings. The highest BCUT2D eigenvalue weighted by Gasteiger charge is 2.18. The van der Waals surface area contributed by atoms with Crippen LogP contribution >= 0.6 is 22.6 Å². The van der Waals surface area contributed by atoms with E-state index in [2.05, 4.69) is 40.6 Å². The van der Waals surface area contributed by atoms with Crippen molar-refractivity contribution in [3.8, 4) is 0 Å². The van der Waals surface area contributed by atoms with Gasteiger partial charge in [-0.25, -0.2) is 4.39 Å². The van der Waals surface area contributed by atoms with Crippen LogP contribution in [0.15, 0.2) is 18.2 Å². The summed E-state index contributed by atoms with van der Waals surface area (Å²) in [5.74, 6) is -0.135. The summed E-state index contributed by atoms with van der Waals surface area (Å²) in [5.41, 5.74) is 1.01. The highest BCUT2D eigenvalue weighted by atomic mass is 127. The van der Waals surface area contributed by atoms with E-state index >= 15 is 0 Å².